The lowest BCUT2D eigenvalue weighted by Crippen LogP contribution is -2.55. The third-order valence-corrected chi connectivity index (χ3v) is 10.8. The number of aryl methyl sites for hydroxylation is 1. The quantitative estimate of drug-likeness (QED) is 0.625. The first-order valence-electron chi connectivity index (χ1n) is 13.8. The number of nitrogens with zero attached hydrogens (tertiary/aromatic N) is 4. The summed E-state index contributed by atoms with van der Waals surface area (Å²) < 4.78 is 0. The second-order valence-electron chi connectivity index (χ2n) is 12.6. The first kappa shape index (κ1) is 22.8. The van der Waals surface area contributed by atoms with Gasteiger partial charge in [0.25, 0.3) is 0 Å². The summed E-state index contributed by atoms with van der Waals surface area (Å²) in [5, 5.41) is 24.0. The van der Waals surface area contributed by atoms with E-state index in [0.717, 1.165) is 73.6 Å². The van der Waals surface area contributed by atoms with Gasteiger partial charge in [0.2, 0.25) is 0 Å². The highest BCUT2D eigenvalue weighted by Crippen LogP contribution is 2.64. The molecule has 5 heteroatoms. The van der Waals surface area contributed by atoms with Crippen molar-refractivity contribution in [3.8, 4) is 0 Å². The molecule has 4 fully saturated rings. The minimum absolute atomic E-state index is 0.356. The summed E-state index contributed by atoms with van der Waals surface area (Å²) in [5.74, 6) is 6.56. The lowest BCUT2D eigenvalue weighted by atomic mass is 9.44. The summed E-state index contributed by atoms with van der Waals surface area (Å²) >= 11 is 0. The zero-order valence-corrected chi connectivity index (χ0v) is 21.0. The van der Waals surface area contributed by atoms with E-state index in [2.05, 4.69) is 36.2 Å². The van der Waals surface area contributed by atoms with E-state index < -0.39 is 0 Å². The Morgan fingerprint density at radius 3 is 2.62 bits per heavy atom. The first-order chi connectivity index (χ1) is 15.3. The zero-order valence-electron chi connectivity index (χ0n) is 21.0. The van der Waals surface area contributed by atoms with Gasteiger partial charge in [-0.05, 0) is 123 Å². The number of aromatic nitrogens is 4. The average Bonchev–Trinajstić information content (AvgIpc) is 3.16. The lowest BCUT2D eigenvalue weighted by molar-refractivity contribution is -0.138. The summed E-state index contributed by atoms with van der Waals surface area (Å²) in [6.45, 7) is 10.2. The Kier molecular flexibility index (Phi) is 6.18. The van der Waals surface area contributed by atoms with Crippen molar-refractivity contribution < 1.29 is 5.11 Å². The fourth-order valence-electron chi connectivity index (χ4n) is 9.61. The highest BCUT2D eigenvalue weighted by molar-refractivity contribution is 5.06. The maximum Gasteiger partial charge on any atom is 0.171 e. The Bertz CT molecular complexity index is 794. The number of fused-ring (bicyclic) bond motifs is 5. The van der Waals surface area contributed by atoms with Gasteiger partial charge in [-0.3, -0.25) is 0 Å². The van der Waals surface area contributed by atoms with E-state index in [4.69, 9.17) is 0 Å². The van der Waals surface area contributed by atoms with Gasteiger partial charge in [0.1, 0.15) is 0 Å². The van der Waals surface area contributed by atoms with Crippen LogP contribution in [-0.4, -0.2) is 30.9 Å². The molecule has 0 amide bonds. The second-order valence-corrected chi connectivity index (χ2v) is 12.6. The molecule has 1 aromatic rings. The lowest BCUT2D eigenvalue weighted by Gasteiger charge is -2.62. The van der Waals surface area contributed by atoms with Crippen LogP contribution in [0.1, 0.15) is 104 Å². The van der Waals surface area contributed by atoms with Crippen molar-refractivity contribution in [1.82, 2.24) is 20.2 Å². The van der Waals surface area contributed by atoms with Gasteiger partial charge < -0.3 is 5.11 Å². The van der Waals surface area contributed by atoms with Crippen LogP contribution in [0.4, 0.5) is 0 Å². The molecule has 0 spiro atoms. The third kappa shape index (κ3) is 3.95. The molecule has 9 atom stereocenters. The van der Waals surface area contributed by atoms with Crippen molar-refractivity contribution in [2.75, 3.05) is 0 Å². The number of hydrogen-bond acceptors (Lipinski definition) is 4. The summed E-state index contributed by atoms with van der Waals surface area (Å²) in [5.41, 5.74) is 0.115. The van der Waals surface area contributed by atoms with Crippen LogP contribution in [0, 0.1) is 53.8 Å². The molecule has 0 aliphatic heterocycles. The van der Waals surface area contributed by atoms with Crippen molar-refractivity contribution >= 4 is 0 Å². The van der Waals surface area contributed by atoms with E-state index in [1.54, 1.807) is 0 Å². The monoisotopic (exact) mass is 442 g/mol. The third-order valence-electron chi connectivity index (χ3n) is 10.8. The van der Waals surface area contributed by atoms with Gasteiger partial charge in [-0.2, -0.15) is 4.80 Å². The van der Waals surface area contributed by atoms with Crippen molar-refractivity contribution in [2.24, 2.45) is 46.8 Å². The Morgan fingerprint density at radius 1 is 1.06 bits per heavy atom. The standard InChI is InChI=1S/C27H46N4O/c1-5-13-27(32)15-12-21-20(16-27)9-10-23-22(21)11-14-26(4)24(7-6-8-25(23)26)18(2)17-31-29-19(3)28-30-31/h18,20-25,32H,5-17H2,1-4H3/t18?,20-,21-,22+,23+,24+,25-,26+,27+/m0/s1. The van der Waals surface area contributed by atoms with Crippen LogP contribution in [0.5, 0.6) is 0 Å². The van der Waals surface area contributed by atoms with Crippen LogP contribution in [0.2, 0.25) is 0 Å². The molecule has 4 aliphatic carbocycles. The minimum Gasteiger partial charge on any atom is -0.390 e. The molecule has 0 aromatic carbocycles. The molecule has 5 nitrogen and oxygen atoms in total. The fraction of sp³-hybridized carbons (Fsp3) is 0.963. The summed E-state index contributed by atoms with van der Waals surface area (Å²) in [7, 11) is 0. The van der Waals surface area contributed by atoms with Gasteiger partial charge >= 0.3 is 0 Å². The van der Waals surface area contributed by atoms with Gasteiger partial charge in [0.15, 0.2) is 5.82 Å². The molecule has 0 bridgehead atoms. The average molecular weight is 443 g/mol. The van der Waals surface area contributed by atoms with E-state index in [1.165, 1.54) is 51.4 Å². The number of hydrogen-bond donors (Lipinski definition) is 1. The van der Waals surface area contributed by atoms with E-state index in [0.29, 0.717) is 11.3 Å². The zero-order chi connectivity index (χ0) is 22.5. The molecule has 4 saturated carbocycles. The summed E-state index contributed by atoms with van der Waals surface area (Å²) in [6.07, 6.45) is 15.4. The molecular weight excluding hydrogens is 396 g/mol. The van der Waals surface area contributed by atoms with Crippen LogP contribution in [-0.2, 0) is 6.54 Å². The number of rotatable bonds is 5. The number of aliphatic hydroxyl groups is 1. The van der Waals surface area contributed by atoms with Crippen LogP contribution < -0.4 is 0 Å². The minimum atomic E-state index is -0.356. The molecule has 0 radical (unpaired) electrons. The molecule has 32 heavy (non-hydrogen) atoms. The summed E-state index contributed by atoms with van der Waals surface area (Å²) in [6, 6.07) is 0. The van der Waals surface area contributed by atoms with E-state index in [9.17, 15) is 5.11 Å². The maximum absolute atomic E-state index is 11.1. The van der Waals surface area contributed by atoms with Gasteiger partial charge in [-0.25, -0.2) is 0 Å². The van der Waals surface area contributed by atoms with Crippen molar-refractivity contribution in [3.63, 3.8) is 0 Å². The largest absolute Gasteiger partial charge is 0.390 e. The molecule has 1 heterocycles. The van der Waals surface area contributed by atoms with Crippen molar-refractivity contribution in [3.05, 3.63) is 5.82 Å². The highest BCUT2D eigenvalue weighted by atomic mass is 16.3. The predicted octanol–water partition coefficient (Wildman–Crippen LogP) is 5.81. The number of tetrazole rings is 1. The normalized spacial score (nSPS) is 44.9. The molecule has 1 unspecified atom stereocenters. The topological polar surface area (TPSA) is 63.8 Å². The predicted molar refractivity (Wildman–Crippen MR) is 127 cm³/mol. The SMILES string of the molecule is CCC[C@@]1(O)CC[C@H]2[C@@H](CC[C@@H]3[C@@H]2CC[C@]2(C)[C@@H](C(C)Cn4nnc(C)n4)CCC[C@@H]32)C1. The molecule has 0 saturated heterocycles. The molecule has 180 valence electrons. The van der Waals surface area contributed by atoms with Crippen molar-refractivity contribution in [1.29, 1.82) is 0 Å². The van der Waals surface area contributed by atoms with Crippen LogP contribution in [0.15, 0.2) is 0 Å². The van der Waals surface area contributed by atoms with Gasteiger partial charge in [0, 0.05) is 0 Å². The first-order valence-corrected chi connectivity index (χ1v) is 13.8. The summed E-state index contributed by atoms with van der Waals surface area (Å²) in [4.78, 5) is 1.84. The van der Waals surface area contributed by atoms with Crippen LogP contribution >= 0.6 is 0 Å². The fourth-order valence-corrected chi connectivity index (χ4v) is 9.61. The molecule has 1 N–H and O–H groups in total. The second kappa shape index (κ2) is 8.67. The Balaban J connectivity index is 1.30. The molecule has 1 aromatic heterocycles. The van der Waals surface area contributed by atoms with Crippen molar-refractivity contribution in [2.45, 2.75) is 117 Å². The van der Waals surface area contributed by atoms with Crippen LogP contribution in [0.3, 0.4) is 0 Å². The molecule has 5 rings (SSSR count). The maximum atomic E-state index is 11.1. The molecular formula is C27H46N4O. The van der Waals surface area contributed by atoms with Gasteiger partial charge in [-0.15, -0.1) is 10.2 Å². The smallest absolute Gasteiger partial charge is 0.171 e. The van der Waals surface area contributed by atoms with E-state index >= 15 is 0 Å². The van der Waals surface area contributed by atoms with E-state index in [1.807, 2.05) is 11.7 Å². The van der Waals surface area contributed by atoms with Gasteiger partial charge in [0.05, 0.1) is 12.1 Å². The Hall–Kier alpha value is -0.970. The van der Waals surface area contributed by atoms with E-state index in [-0.39, 0.29) is 5.60 Å². The van der Waals surface area contributed by atoms with Crippen LogP contribution in [0.25, 0.3) is 0 Å². The molecule has 4 aliphatic rings. The Labute approximate surface area is 195 Å². The Morgan fingerprint density at radius 2 is 1.88 bits per heavy atom. The van der Waals surface area contributed by atoms with Gasteiger partial charge in [-0.1, -0.05) is 33.6 Å². The highest BCUT2D eigenvalue weighted by Gasteiger charge is 2.56.